The van der Waals surface area contributed by atoms with Crippen molar-refractivity contribution >= 4 is 0 Å². The van der Waals surface area contributed by atoms with Gasteiger partial charge in [-0.15, -0.1) is 0 Å². The zero-order chi connectivity index (χ0) is 24.4. The highest BCUT2D eigenvalue weighted by Gasteiger charge is 2.37. The van der Waals surface area contributed by atoms with E-state index in [2.05, 4.69) is 17.0 Å². The van der Waals surface area contributed by atoms with Gasteiger partial charge in [-0.05, 0) is 77.9 Å². The van der Waals surface area contributed by atoms with Crippen LogP contribution in [0, 0.1) is 0 Å². The van der Waals surface area contributed by atoms with Gasteiger partial charge in [-0.1, -0.05) is 36.8 Å². The lowest BCUT2D eigenvalue weighted by Crippen LogP contribution is -2.31. The first kappa shape index (κ1) is 25.6. The molecule has 2 N–H and O–H groups in total. The van der Waals surface area contributed by atoms with Crippen molar-refractivity contribution in [3.8, 4) is 17.2 Å². The highest BCUT2D eigenvalue weighted by atomic mass is 16.6. The molecule has 0 atom stereocenters. The summed E-state index contributed by atoms with van der Waals surface area (Å²) in [5.74, 6) is 7.60. The lowest BCUT2D eigenvalue weighted by atomic mass is 9.79. The van der Waals surface area contributed by atoms with Crippen LogP contribution in [0.15, 0.2) is 66.7 Å². The molecule has 0 bridgehead atoms. The third kappa shape index (κ3) is 5.53. The van der Waals surface area contributed by atoms with Crippen LogP contribution in [0.5, 0.6) is 17.2 Å². The van der Waals surface area contributed by atoms with E-state index in [1.165, 1.54) is 0 Å². The number of unbranched alkanes of at least 4 members (excludes halogenated alkanes) is 2. The average molecular weight is 466 g/mol. The van der Waals surface area contributed by atoms with Crippen molar-refractivity contribution in [1.29, 1.82) is 0 Å². The maximum Gasteiger partial charge on any atom is 0.143 e. The summed E-state index contributed by atoms with van der Waals surface area (Å²) in [4.78, 5) is 4.69. The van der Waals surface area contributed by atoms with Gasteiger partial charge in [-0.25, -0.2) is 5.90 Å². The molecule has 0 amide bonds. The van der Waals surface area contributed by atoms with Gasteiger partial charge in [0.05, 0.1) is 27.9 Å². The predicted molar refractivity (Wildman–Crippen MR) is 134 cm³/mol. The van der Waals surface area contributed by atoms with E-state index in [1.807, 2.05) is 54.6 Å². The molecular formula is C28H35NO5. The van der Waals surface area contributed by atoms with Crippen LogP contribution in [-0.2, 0) is 21.6 Å². The molecule has 182 valence electrons. The number of nitrogens with two attached hydrogens (primary N) is 1. The van der Waals surface area contributed by atoms with Crippen LogP contribution in [0.25, 0.3) is 0 Å². The Morgan fingerprint density at radius 2 is 1.21 bits per heavy atom. The minimum absolute atomic E-state index is 0.568. The molecule has 3 aromatic rings. The van der Waals surface area contributed by atoms with Gasteiger partial charge in [0.2, 0.25) is 0 Å². The molecule has 0 heterocycles. The molecule has 0 aromatic heterocycles. The molecule has 0 aliphatic carbocycles. The van der Waals surface area contributed by atoms with Crippen molar-refractivity contribution in [1.82, 2.24) is 0 Å². The molecule has 0 spiro atoms. The van der Waals surface area contributed by atoms with E-state index < -0.39 is 5.60 Å². The summed E-state index contributed by atoms with van der Waals surface area (Å²) in [6, 6.07) is 22.3. The smallest absolute Gasteiger partial charge is 0.143 e. The zero-order valence-electron chi connectivity index (χ0n) is 20.5. The monoisotopic (exact) mass is 465 g/mol. The largest absolute Gasteiger partial charge is 0.497 e. The van der Waals surface area contributed by atoms with Crippen LogP contribution in [-0.4, -0.2) is 35.0 Å². The zero-order valence-corrected chi connectivity index (χ0v) is 20.5. The average Bonchev–Trinajstić information content (AvgIpc) is 2.90. The first-order chi connectivity index (χ1) is 16.6. The Labute approximate surface area is 202 Å². The Hall–Kier alpha value is -3.06. The highest BCUT2D eigenvalue weighted by Crippen LogP contribution is 2.42. The minimum atomic E-state index is -0.826. The quantitative estimate of drug-likeness (QED) is 0.211. The molecule has 0 saturated heterocycles. The topological polar surface area (TPSA) is 72.2 Å². The SMILES string of the molecule is COc1ccc(C(OC)(c2ccc(OC)cc2)c2ccc(OC)c(CCCCCON)c2)cc1. The summed E-state index contributed by atoms with van der Waals surface area (Å²) < 4.78 is 22.8. The lowest BCUT2D eigenvalue weighted by Gasteiger charge is -2.35. The van der Waals surface area contributed by atoms with Crippen molar-refractivity contribution in [2.75, 3.05) is 35.0 Å². The van der Waals surface area contributed by atoms with Gasteiger partial charge in [0.25, 0.3) is 0 Å². The Morgan fingerprint density at radius 1 is 0.647 bits per heavy atom. The van der Waals surface area contributed by atoms with E-state index >= 15 is 0 Å². The molecule has 0 aliphatic heterocycles. The Kier molecular flexibility index (Phi) is 9.33. The van der Waals surface area contributed by atoms with Crippen molar-refractivity contribution in [3.63, 3.8) is 0 Å². The second-order valence-electron chi connectivity index (χ2n) is 8.05. The number of aryl methyl sites for hydroxylation is 1. The van der Waals surface area contributed by atoms with Crippen molar-refractivity contribution in [2.24, 2.45) is 5.90 Å². The van der Waals surface area contributed by atoms with Crippen molar-refractivity contribution < 1.29 is 23.8 Å². The van der Waals surface area contributed by atoms with Gasteiger partial charge in [0.1, 0.15) is 22.8 Å². The maximum atomic E-state index is 6.38. The summed E-state index contributed by atoms with van der Waals surface area (Å²) in [6.07, 6.45) is 3.84. The third-order valence-corrected chi connectivity index (χ3v) is 6.19. The standard InChI is InChI=1S/C28H35NO5/c1-30-25-14-9-22(10-15-25)28(33-4,23-11-16-26(31-2)17-12-23)24-13-18-27(32-3)21(20-24)8-6-5-7-19-34-29/h9-18,20H,5-8,19,29H2,1-4H3. The van der Waals surface area contributed by atoms with E-state index in [0.717, 1.165) is 65.2 Å². The molecule has 0 unspecified atom stereocenters. The summed E-state index contributed by atoms with van der Waals surface area (Å²) in [6.45, 7) is 0.568. The third-order valence-electron chi connectivity index (χ3n) is 6.19. The van der Waals surface area contributed by atoms with E-state index in [-0.39, 0.29) is 0 Å². The summed E-state index contributed by atoms with van der Waals surface area (Å²) >= 11 is 0. The number of hydrogen-bond acceptors (Lipinski definition) is 6. The van der Waals surface area contributed by atoms with Crippen LogP contribution in [0.4, 0.5) is 0 Å². The number of benzene rings is 3. The van der Waals surface area contributed by atoms with Gasteiger partial charge in [-0.2, -0.15) is 0 Å². The van der Waals surface area contributed by atoms with E-state index in [9.17, 15) is 0 Å². The van der Waals surface area contributed by atoms with Gasteiger partial charge >= 0.3 is 0 Å². The van der Waals surface area contributed by atoms with Gasteiger partial charge in [0, 0.05) is 7.11 Å². The Balaban J connectivity index is 2.10. The normalized spacial score (nSPS) is 11.3. The fourth-order valence-corrected chi connectivity index (χ4v) is 4.38. The van der Waals surface area contributed by atoms with Crippen molar-refractivity contribution in [2.45, 2.75) is 31.3 Å². The predicted octanol–water partition coefficient (Wildman–Crippen LogP) is 5.25. The van der Waals surface area contributed by atoms with Gasteiger partial charge in [-0.3, -0.25) is 0 Å². The lowest BCUT2D eigenvalue weighted by molar-refractivity contribution is 0.0583. The Bertz CT molecular complexity index is 970. The van der Waals surface area contributed by atoms with E-state index in [4.69, 9.17) is 24.8 Å². The van der Waals surface area contributed by atoms with Crippen LogP contribution >= 0.6 is 0 Å². The summed E-state index contributed by atoms with van der Waals surface area (Å²) in [7, 11) is 6.78. The van der Waals surface area contributed by atoms with Crippen LogP contribution in [0.1, 0.15) is 41.5 Å². The highest BCUT2D eigenvalue weighted by molar-refractivity contribution is 5.52. The van der Waals surface area contributed by atoms with E-state index in [0.29, 0.717) is 6.61 Å². The maximum absolute atomic E-state index is 6.38. The molecule has 0 saturated carbocycles. The fraction of sp³-hybridized carbons (Fsp3) is 0.357. The minimum Gasteiger partial charge on any atom is -0.497 e. The van der Waals surface area contributed by atoms with Crippen LogP contribution in [0.3, 0.4) is 0 Å². The number of hydrogen-bond donors (Lipinski definition) is 1. The second kappa shape index (κ2) is 12.4. The summed E-state index contributed by atoms with van der Waals surface area (Å²) in [5, 5.41) is 0. The van der Waals surface area contributed by atoms with E-state index in [1.54, 1.807) is 28.4 Å². The van der Waals surface area contributed by atoms with Crippen LogP contribution in [0.2, 0.25) is 0 Å². The number of rotatable bonds is 13. The molecular weight excluding hydrogens is 430 g/mol. The molecule has 34 heavy (non-hydrogen) atoms. The molecule has 6 heteroatoms. The molecule has 0 radical (unpaired) electrons. The van der Waals surface area contributed by atoms with Crippen molar-refractivity contribution in [3.05, 3.63) is 89.0 Å². The van der Waals surface area contributed by atoms with Gasteiger partial charge < -0.3 is 23.8 Å². The molecule has 3 rings (SSSR count). The second-order valence-corrected chi connectivity index (χ2v) is 8.05. The number of ether oxygens (including phenoxy) is 4. The van der Waals surface area contributed by atoms with Gasteiger partial charge in [0.15, 0.2) is 0 Å². The molecule has 3 aromatic carbocycles. The molecule has 0 aliphatic rings. The molecule has 0 fully saturated rings. The Morgan fingerprint density at radius 3 is 1.68 bits per heavy atom. The fourth-order valence-electron chi connectivity index (χ4n) is 4.38. The number of methoxy groups -OCH3 is 4. The molecule has 6 nitrogen and oxygen atoms in total. The summed E-state index contributed by atoms with van der Waals surface area (Å²) in [5.41, 5.74) is 3.32. The first-order valence-corrected chi connectivity index (χ1v) is 11.5. The first-order valence-electron chi connectivity index (χ1n) is 11.5. The van der Waals surface area contributed by atoms with Crippen LogP contribution < -0.4 is 20.1 Å².